The number of nitrogens with zero attached hydrogens (tertiary/aromatic N) is 6. The predicted molar refractivity (Wildman–Crippen MR) is 130 cm³/mol. The highest BCUT2D eigenvalue weighted by Crippen LogP contribution is 2.35. The number of rotatable bonds is 4. The molecule has 34 heavy (non-hydrogen) atoms. The van der Waals surface area contributed by atoms with Gasteiger partial charge in [0.05, 0.1) is 49.7 Å². The van der Waals surface area contributed by atoms with Crippen LogP contribution in [0.1, 0.15) is 42.1 Å². The van der Waals surface area contributed by atoms with Crippen molar-refractivity contribution in [3.05, 3.63) is 41.3 Å². The van der Waals surface area contributed by atoms with Crippen LogP contribution >= 0.6 is 0 Å². The van der Waals surface area contributed by atoms with E-state index in [9.17, 15) is 0 Å². The molecule has 0 N–H and O–H groups in total. The molecular formula is C26H32N6O2. The van der Waals surface area contributed by atoms with E-state index in [-0.39, 0.29) is 0 Å². The first-order valence-corrected chi connectivity index (χ1v) is 12.7. The second kappa shape index (κ2) is 8.00. The third-order valence-corrected chi connectivity index (χ3v) is 8.28. The quantitative estimate of drug-likeness (QED) is 0.593. The van der Waals surface area contributed by atoms with Crippen molar-refractivity contribution in [3.8, 4) is 5.82 Å². The van der Waals surface area contributed by atoms with Crippen LogP contribution in [0, 0.1) is 13.8 Å². The lowest BCUT2D eigenvalue weighted by molar-refractivity contribution is -0.0712. The molecule has 178 valence electrons. The van der Waals surface area contributed by atoms with Gasteiger partial charge in [-0.3, -0.25) is 4.90 Å². The zero-order valence-corrected chi connectivity index (χ0v) is 20.0. The van der Waals surface area contributed by atoms with Crippen molar-refractivity contribution in [2.24, 2.45) is 0 Å². The van der Waals surface area contributed by atoms with E-state index >= 15 is 0 Å². The summed E-state index contributed by atoms with van der Waals surface area (Å²) in [5.74, 6) is 3.20. The van der Waals surface area contributed by atoms with Crippen LogP contribution in [0.5, 0.6) is 0 Å². The highest BCUT2D eigenvalue weighted by molar-refractivity contribution is 5.82. The SMILES string of the molecule is Cc1nc(N2C[C@@H]3C[C@H]2CO3)cc(-n2ncc3cc(C)c(C4CCN(C5COC5)CC4)cc32)n1. The molecule has 2 aromatic heterocycles. The number of aromatic nitrogens is 4. The summed E-state index contributed by atoms with van der Waals surface area (Å²) in [7, 11) is 0. The number of hydrogen-bond acceptors (Lipinski definition) is 7. The molecule has 7 rings (SSSR count). The summed E-state index contributed by atoms with van der Waals surface area (Å²) < 4.78 is 13.2. The smallest absolute Gasteiger partial charge is 0.159 e. The van der Waals surface area contributed by atoms with Gasteiger partial charge in [-0.2, -0.15) is 5.10 Å². The fourth-order valence-electron chi connectivity index (χ4n) is 6.31. The summed E-state index contributed by atoms with van der Waals surface area (Å²) in [4.78, 5) is 14.5. The number of piperidine rings is 1. The Morgan fingerprint density at radius 2 is 1.76 bits per heavy atom. The topological polar surface area (TPSA) is 68.5 Å². The van der Waals surface area contributed by atoms with Gasteiger partial charge in [0.25, 0.3) is 0 Å². The second-order valence-electron chi connectivity index (χ2n) is 10.5. The normalized spacial score (nSPS) is 26.0. The summed E-state index contributed by atoms with van der Waals surface area (Å²) in [6.07, 6.45) is 5.80. The van der Waals surface area contributed by atoms with E-state index in [0.29, 0.717) is 24.1 Å². The molecule has 4 aliphatic heterocycles. The predicted octanol–water partition coefficient (Wildman–Crippen LogP) is 2.99. The first-order valence-electron chi connectivity index (χ1n) is 12.7. The van der Waals surface area contributed by atoms with E-state index in [1.165, 1.54) is 24.0 Å². The molecule has 0 spiro atoms. The Balaban J connectivity index is 1.21. The number of aryl methyl sites for hydroxylation is 2. The Hall–Kier alpha value is -2.55. The molecule has 0 amide bonds. The van der Waals surface area contributed by atoms with Gasteiger partial charge in [-0.25, -0.2) is 14.6 Å². The Morgan fingerprint density at radius 3 is 2.47 bits per heavy atom. The summed E-state index contributed by atoms with van der Waals surface area (Å²) in [5.41, 5.74) is 3.95. The Kier molecular flexibility index (Phi) is 4.89. The molecule has 4 aliphatic rings. The van der Waals surface area contributed by atoms with Crippen LogP contribution in [-0.2, 0) is 9.47 Å². The van der Waals surface area contributed by atoms with Crippen molar-refractivity contribution in [1.82, 2.24) is 24.6 Å². The molecular weight excluding hydrogens is 428 g/mol. The molecule has 0 radical (unpaired) electrons. The van der Waals surface area contributed by atoms with Gasteiger partial charge in [0.2, 0.25) is 0 Å². The van der Waals surface area contributed by atoms with Gasteiger partial charge in [-0.1, -0.05) is 0 Å². The van der Waals surface area contributed by atoms with Crippen LogP contribution in [0.15, 0.2) is 24.4 Å². The van der Waals surface area contributed by atoms with Gasteiger partial charge < -0.3 is 14.4 Å². The number of likely N-dealkylation sites (tertiary alicyclic amines) is 1. The second-order valence-corrected chi connectivity index (χ2v) is 10.5. The number of anilines is 1. The van der Waals surface area contributed by atoms with Crippen molar-refractivity contribution in [3.63, 3.8) is 0 Å². The van der Waals surface area contributed by atoms with Gasteiger partial charge in [-0.15, -0.1) is 0 Å². The average molecular weight is 461 g/mol. The Bertz CT molecular complexity index is 1230. The molecule has 4 fully saturated rings. The molecule has 1 aromatic carbocycles. The third-order valence-electron chi connectivity index (χ3n) is 8.28. The fraction of sp³-hybridized carbons (Fsp3) is 0.577. The highest BCUT2D eigenvalue weighted by atomic mass is 16.5. The molecule has 0 saturated carbocycles. The van der Waals surface area contributed by atoms with E-state index in [1.807, 2.05) is 17.8 Å². The van der Waals surface area contributed by atoms with Gasteiger partial charge in [0.1, 0.15) is 11.6 Å². The van der Waals surface area contributed by atoms with Crippen molar-refractivity contribution in [2.75, 3.05) is 44.4 Å². The fourth-order valence-corrected chi connectivity index (χ4v) is 6.31. The molecule has 4 saturated heterocycles. The Morgan fingerprint density at radius 1 is 0.941 bits per heavy atom. The maximum atomic E-state index is 5.79. The maximum absolute atomic E-state index is 5.79. The standard InChI is InChI=1S/C26H32N6O2/c1-16-7-19-11-27-32(24(19)9-23(16)18-3-5-30(6-4-18)21-13-33-14-21)26-10-25(28-17(2)29-26)31-12-22-8-20(31)15-34-22/h7,9-11,18,20-22H,3-6,8,12-15H2,1-2H3/t20-,22-/m0/s1. The minimum Gasteiger partial charge on any atom is -0.378 e. The molecule has 6 heterocycles. The van der Waals surface area contributed by atoms with Gasteiger partial charge >= 0.3 is 0 Å². The number of fused-ring (bicyclic) bond motifs is 3. The number of morpholine rings is 1. The monoisotopic (exact) mass is 460 g/mol. The van der Waals surface area contributed by atoms with E-state index in [0.717, 1.165) is 74.2 Å². The summed E-state index contributed by atoms with van der Waals surface area (Å²) in [6.45, 7) is 10.0. The zero-order chi connectivity index (χ0) is 22.8. The summed E-state index contributed by atoms with van der Waals surface area (Å²) >= 11 is 0. The lowest BCUT2D eigenvalue weighted by Crippen LogP contribution is -2.51. The highest BCUT2D eigenvalue weighted by Gasteiger charge is 2.40. The minimum atomic E-state index is 0.336. The molecule has 0 aliphatic carbocycles. The van der Waals surface area contributed by atoms with E-state index in [2.05, 4.69) is 34.9 Å². The number of ether oxygens (including phenoxy) is 2. The lowest BCUT2D eigenvalue weighted by atomic mass is 9.85. The largest absolute Gasteiger partial charge is 0.378 e. The number of benzene rings is 1. The van der Waals surface area contributed by atoms with E-state index in [4.69, 9.17) is 24.5 Å². The van der Waals surface area contributed by atoms with E-state index < -0.39 is 0 Å². The van der Waals surface area contributed by atoms with Crippen molar-refractivity contribution >= 4 is 16.7 Å². The average Bonchev–Trinajstić information content (AvgIpc) is 3.53. The maximum Gasteiger partial charge on any atom is 0.159 e. The van der Waals surface area contributed by atoms with Crippen LogP contribution in [0.25, 0.3) is 16.7 Å². The lowest BCUT2D eigenvalue weighted by Gasteiger charge is -2.41. The van der Waals surface area contributed by atoms with Crippen molar-refractivity contribution < 1.29 is 9.47 Å². The van der Waals surface area contributed by atoms with Crippen molar-refractivity contribution in [2.45, 2.75) is 57.2 Å². The first-order chi connectivity index (χ1) is 16.6. The number of hydrogen-bond donors (Lipinski definition) is 0. The van der Waals surface area contributed by atoms with Crippen LogP contribution in [0.3, 0.4) is 0 Å². The van der Waals surface area contributed by atoms with Crippen molar-refractivity contribution in [1.29, 1.82) is 0 Å². The van der Waals surface area contributed by atoms with Gasteiger partial charge in [-0.05, 0) is 75.4 Å². The summed E-state index contributed by atoms with van der Waals surface area (Å²) in [6, 6.07) is 7.82. The van der Waals surface area contributed by atoms with Crippen LogP contribution in [-0.4, -0.2) is 82.3 Å². The van der Waals surface area contributed by atoms with Crippen LogP contribution in [0.4, 0.5) is 5.82 Å². The van der Waals surface area contributed by atoms with E-state index in [1.54, 1.807) is 0 Å². The zero-order valence-electron chi connectivity index (χ0n) is 20.0. The molecule has 2 bridgehead atoms. The molecule has 2 atom stereocenters. The van der Waals surface area contributed by atoms with Gasteiger partial charge in [0.15, 0.2) is 5.82 Å². The van der Waals surface area contributed by atoms with Gasteiger partial charge in [0, 0.05) is 18.0 Å². The molecule has 8 heteroatoms. The molecule has 8 nitrogen and oxygen atoms in total. The first kappa shape index (κ1) is 20.8. The molecule has 0 unspecified atom stereocenters. The Labute approximate surface area is 199 Å². The van der Waals surface area contributed by atoms with Crippen LogP contribution < -0.4 is 4.90 Å². The van der Waals surface area contributed by atoms with Crippen LogP contribution in [0.2, 0.25) is 0 Å². The minimum absolute atomic E-state index is 0.336. The molecule has 3 aromatic rings. The third kappa shape index (κ3) is 3.42. The summed E-state index contributed by atoms with van der Waals surface area (Å²) in [5, 5.41) is 5.93.